The molecule has 2 aromatic carbocycles. The number of hydrogen-bond acceptors (Lipinski definition) is 2. The second kappa shape index (κ2) is 8.87. The molecular formula is C20H25N3O2. The lowest BCUT2D eigenvalue weighted by Gasteiger charge is -2.19. The van der Waals surface area contributed by atoms with E-state index in [0.29, 0.717) is 19.5 Å². The highest BCUT2D eigenvalue weighted by molar-refractivity contribution is 5.94. The summed E-state index contributed by atoms with van der Waals surface area (Å²) in [6, 6.07) is 16.8. The molecule has 0 fully saturated rings. The fourth-order valence-electron chi connectivity index (χ4n) is 2.51. The number of nitrogens with zero attached hydrogens (tertiary/aromatic N) is 2. The van der Waals surface area contributed by atoms with Crippen molar-refractivity contribution in [2.75, 3.05) is 30.4 Å². The van der Waals surface area contributed by atoms with Crippen LogP contribution < -0.4 is 10.2 Å². The lowest BCUT2D eigenvalue weighted by atomic mass is 10.1. The zero-order valence-corrected chi connectivity index (χ0v) is 15.0. The van der Waals surface area contributed by atoms with Gasteiger partial charge in [-0.3, -0.25) is 4.79 Å². The van der Waals surface area contributed by atoms with Gasteiger partial charge < -0.3 is 15.1 Å². The lowest BCUT2D eigenvalue weighted by molar-refractivity contribution is -0.117. The van der Waals surface area contributed by atoms with Gasteiger partial charge in [0.05, 0.1) is 6.42 Å². The SMILES string of the molecule is CCN(CC)C(=O)Nc1ccc(CC(=O)N(C)c2ccccc2)cc1. The van der Waals surface area contributed by atoms with Crippen molar-refractivity contribution in [3.8, 4) is 0 Å². The number of hydrogen-bond donors (Lipinski definition) is 1. The molecule has 1 N–H and O–H groups in total. The third kappa shape index (κ3) is 5.08. The van der Waals surface area contributed by atoms with Gasteiger partial charge >= 0.3 is 6.03 Å². The van der Waals surface area contributed by atoms with Gasteiger partial charge in [-0.05, 0) is 43.7 Å². The van der Waals surface area contributed by atoms with Crippen molar-refractivity contribution in [2.24, 2.45) is 0 Å². The monoisotopic (exact) mass is 339 g/mol. The summed E-state index contributed by atoms with van der Waals surface area (Å²) in [7, 11) is 1.77. The summed E-state index contributed by atoms with van der Waals surface area (Å²) in [5.41, 5.74) is 2.51. The largest absolute Gasteiger partial charge is 0.325 e. The summed E-state index contributed by atoms with van der Waals surface area (Å²) in [4.78, 5) is 27.8. The minimum absolute atomic E-state index is 0.0196. The molecule has 0 unspecified atom stereocenters. The molecule has 2 rings (SSSR count). The number of carbonyl (C=O) groups is 2. The zero-order valence-electron chi connectivity index (χ0n) is 15.0. The van der Waals surface area contributed by atoms with Crippen LogP contribution in [0, 0.1) is 0 Å². The van der Waals surface area contributed by atoms with Gasteiger partial charge in [-0.15, -0.1) is 0 Å². The van der Waals surface area contributed by atoms with E-state index < -0.39 is 0 Å². The van der Waals surface area contributed by atoms with E-state index in [2.05, 4.69) is 5.32 Å². The number of carbonyl (C=O) groups excluding carboxylic acids is 2. The summed E-state index contributed by atoms with van der Waals surface area (Å²) >= 11 is 0. The van der Waals surface area contributed by atoms with Crippen molar-refractivity contribution in [1.29, 1.82) is 0 Å². The highest BCUT2D eigenvalue weighted by atomic mass is 16.2. The average molecular weight is 339 g/mol. The van der Waals surface area contributed by atoms with Crippen LogP contribution in [0.15, 0.2) is 54.6 Å². The molecule has 25 heavy (non-hydrogen) atoms. The number of benzene rings is 2. The Hall–Kier alpha value is -2.82. The highest BCUT2D eigenvalue weighted by Crippen LogP contribution is 2.15. The molecule has 2 aromatic rings. The van der Waals surface area contributed by atoms with Crippen molar-refractivity contribution in [3.63, 3.8) is 0 Å². The van der Waals surface area contributed by atoms with Gasteiger partial charge in [0, 0.05) is 31.5 Å². The molecule has 0 aliphatic carbocycles. The van der Waals surface area contributed by atoms with Crippen LogP contribution in [0.1, 0.15) is 19.4 Å². The molecule has 0 saturated carbocycles. The molecule has 0 bridgehead atoms. The van der Waals surface area contributed by atoms with Crippen LogP contribution in [-0.2, 0) is 11.2 Å². The van der Waals surface area contributed by atoms with Gasteiger partial charge in [0.1, 0.15) is 0 Å². The van der Waals surface area contributed by atoms with E-state index in [1.165, 1.54) is 0 Å². The first-order valence-electron chi connectivity index (χ1n) is 8.51. The number of likely N-dealkylation sites (N-methyl/N-ethyl adjacent to an activating group) is 1. The van der Waals surface area contributed by atoms with Crippen LogP contribution in [0.3, 0.4) is 0 Å². The van der Waals surface area contributed by atoms with E-state index in [1.54, 1.807) is 16.8 Å². The van der Waals surface area contributed by atoms with Crippen molar-refractivity contribution in [2.45, 2.75) is 20.3 Å². The standard InChI is InChI=1S/C20H25N3O2/c1-4-23(5-2)20(25)21-17-13-11-16(12-14-17)15-19(24)22(3)18-9-7-6-8-10-18/h6-14H,4-5,15H2,1-3H3,(H,21,25). The van der Waals surface area contributed by atoms with E-state index >= 15 is 0 Å². The van der Waals surface area contributed by atoms with Crippen LogP contribution in [0.2, 0.25) is 0 Å². The summed E-state index contributed by atoms with van der Waals surface area (Å²) < 4.78 is 0. The first-order chi connectivity index (χ1) is 12.0. The smallest absolute Gasteiger partial charge is 0.321 e. The number of urea groups is 1. The van der Waals surface area contributed by atoms with E-state index in [4.69, 9.17) is 0 Å². The Kier molecular flexibility index (Phi) is 6.57. The molecule has 0 heterocycles. The predicted octanol–water partition coefficient (Wildman–Crippen LogP) is 3.77. The molecule has 5 heteroatoms. The number of rotatable bonds is 6. The van der Waals surface area contributed by atoms with Crippen LogP contribution >= 0.6 is 0 Å². The fourth-order valence-corrected chi connectivity index (χ4v) is 2.51. The fraction of sp³-hybridized carbons (Fsp3) is 0.300. The maximum atomic E-state index is 12.4. The number of nitrogens with one attached hydrogen (secondary N) is 1. The molecule has 0 radical (unpaired) electrons. The summed E-state index contributed by atoms with van der Waals surface area (Å²) in [5, 5.41) is 2.86. The van der Waals surface area contributed by atoms with Gasteiger partial charge in [0.2, 0.25) is 5.91 Å². The van der Waals surface area contributed by atoms with Crippen LogP contribution in [0.4, 0.5) is 16.2 Å². The Morgan fingerprint density at radius 1 is 0.920 bits per heavy atom. The molecule has 0 saturated heterocycles. The second-order valence-corrected chi connectivity index (χ2v) is 5.76. The zero-order chi connectivity index (χ0) is 18.2. The third-order valence-electron chi connectivity index (χ3n) is 4.13. The van der Waals surface area contributed by atoms with E-state index in [9.17, 15) is 9.59 Å². The summed E-state index contributed by atoms with van der Waals surface area (Å²) in [6.07, 6.45) is 0.315. The Bertz CT molecular complexity index is 695. The van der Waals surface area contributed by atoms with Crippen molar-refractivity contribution in [1.82, 2.24) is 4.90 Å². The summed E-state index contributed by atoms with van der Waals surface area (Å²) in [5.74, 6) is 0.0196. The van der Waals surface area contributed by atoms with E-state index in [0.717, 1.165) is 16.9 Å². The molecule has 0 atom stereocenters. The number of amides is 3. The van der Waals surface area contributed by atoms with Gasteiger partial charge in [0.15, 0.2) is 0 Å². The Labute approximate surface area is 149 Å². The molecular weight excluding hydrogens is 314 g/mol. The minimum atomic E-state index is -0.113. The normalized spacial score (nSPS) is 10.2. The van der Waals surface area contributed by atoms with E-state index in [-0.39, 0.29) is 11.9 Å². The van der Waals surface area contributed by atoms with Gasteiger partial charge in [0.25, 0.3) is 0 Å². The molecule has 3 amide bonds. The topological polar surface area (TPSA) is 52.7 Å². The predicted molar refractivity (Wildman–Crippen MR) is 102 cm³/mol. The van der Waals surface area contributed by atoms with E-state index in [1.807, 2.05) is 68.4 Å². The maximum Gasteiger partial charge on any atom is 0.321 e. The molecule has 0 spiro atoms. The Morgan fingerprint density at radius 2 is 1.52 bits per heavy atom. The van der Waals surface area contributed by atoms with Gasteiger partial charge in [-0.2, -0.15) is 0 Å². The van der Waals surface area contributed by atoms with Crippen LogP contribution in [0.25, 0.3) is 0 Å². The van der Waals surface area contributed by atoms with Gasteiger partial charge in [-0.1, -0.05) is 30.3 Å². The average Bonchev–Trinajstić information content (AvgIpc) is 2.64. The van der Waals surface area contributed by atoms with Crippen molar-refractivity contribution in [3.05, 3.63) is 60.2 Å². The number of para-hydroxylation sites is 1. The first kappa shape index (κ1) is 18.5. The van der Waals surface area contributed by atoms with Crippen LogP contribution in [0.5, 0.6) is 0 Å². The maximum absolute atomic E-state index is 12.4. The van der Waals surface area contributed by atoms with Crippen LogP contribution in [-0.4, -0.2) is 37.0 Å². The number of anilines is 2. The lowest BCUT2D eigenvalue weighted by Crippen LogP contribution is -2.34. The van der Waals surface area contributed by atoms with Crippen molar-refractivity contribution >= 4 is 23.3 Å². The Morgan fingerprint density at radius 3 is 2.08 bits per heavy atom. The first-order valence-corrected chi connectivity index (χ1v) is 8.51. The third-order valence-corrected chi connectivity index (χ3v) is 4.13. The minimum Gasteiger partial charge on any atom is -0.325 e. The molecule has 132 valence electrons. The van der Waals surface area contributed by atoms with Gasteiger partial charge in [-0.25, -0.2) is 4.79 Å². The quantitative estimate of drug-likeness (QED) is 0.871. The van der Waals surface area contributed by atoms with Crippen molar-refractivity contribution < 1.29 is 9.59 Å². The second-order valence-electron chi connectivity index (χ2n) is 5.76. The molecule has 0 aliphatic rings. The highest BCUT2D eigenvalue weighted by Gasteiger charge is 2.12. The summed E-state index contributed by atoms with van der Waals surface area (Å²) in [6.45, 7) is 5.23. The molecule has 5 nitrogen and oxygen atoms in total. The molecule has 0 aromatic heterocycles. The molecule has 0 aliphatic heterocycles. The Balaban J connectivity index is 1.96.